The van der Waals surface area contributed by atoms with Crippen molar-refractivity contribution in [3.8, 4) is 5.75 Å². The molecule has 0 heterocycles. The van der Waals surface area contributed by atoms with Crippen molar-refractivity contribution >= 4 is 5.97 Å². The SMILES string of the molecule is C=COCCc1ccc(OC(C)=O)cc1. The molecule has 15 heavy (non-hydrogen) atoms. The molecule has 80 valence electrons. The summed E-state index contributed by atoms with van der Waals surface area (Å²) in [5.74, 6) is 0.258. The molecule has 1 aromatic carbocycles. The lowest BCUT2D eigenvalue weighted by Gasteiger charge is -2.03. The maximum absolute atomic E-state index is 10.7. The molecule has 1 rings (SSSR count). The topological polar surface area (TPSA) is 35.5 Å². The summed E-state index contributed by atoms with van der Waals surface area (Å²) >= 11 is 0. The van der Waals surface area contributed by atoms with Crippen LogP contribution in [0.2, 0.25) is 0 Å². The Bertz CT molecular complexity index is 327. The van der Waals surface area contributed by atoms with Gasteiger partial charge < -0.3 is 9.47 Å². The minimum atomic E-state index is -0.308. The Morgan fingerprint density at radius 3 is 2.60 bits per heavy atom. The standard InChI is InChI=1S/C12H14O3/c1-3-14-9-8-11-4-6-12(7-5-11)15-10(2)13/h3-7H,1,8-9H2,2H3. The van der Waals surface area contributed by atoms with E-state index >= 15 is 0 Å². The van der Waals surface area contributed by atoms with Crippen LogP contribution in [0.15, 0.2) is 37.1 Å². The summed E-state index contributed by atoms with van der Waals surface area (Å²) in [6.07, 6.45) is 2.24. The normalized spacial score (nSPS) is 9.40. The van der Waals surface area contributed by atoms with Gasteiger partial charge in [0.1, 0.15) is 5.75 Å². The fourth-order valence-corrected chi connectivity index (χ4v) is 1.15. The van der Waals surface area contributed by atoms with Gasteiger partial charge in [0.2, 0.25) is 0 Å². The molecule has 3 nitrogen and oxygen atoms in total. The first kappa shape index (κ1) is 11.3. The highest BCUT2D eigenvalue weighted by Crippen LogP contribution is 2.12. The van der Waals surface area contributed by atoms with Crippen LogP contribution >= 0.6 is 0 Å². The van der Waals surface area contributed by atoms with E-state index in [1.54, 1.807) is 12.1 Å². The third-order valence-corrected chi connectivity index (χ3v) is 1.81. The summed E-state index contributed by atoms with van der Waals surface area (Å²) in [5, 5.41) is 0. The number of rotatable bonds is 5. The van der Waals surface area contributed by atoms with Crippen molar-refractivity contribution < 1.29 is 14.3 Å². The van der Waals surface area contributed by atoms with Crippen molar-refractivity contribution in [3.63, 3.8) is 0 Å². The maximum atomic E-state index is 10.7. The molecule has 0 radical (unpaired) electrons. The lowest BCUT2D eigenvalue weighted by Crippen LogP contribution is -2.01. The van der Waals surface area contributed by atoms with Crippen LogP contribution in [0, 0.1) is 0 Å². The Morgan fingerprint density at radius 1 is 1.40 bits per heavy atom. The van der Waals surface area contributed by atoms with Gasteiger partial charge in [-0.1, -0.05) is 18.7 Å². The van der Waals surface area contributed by atoms with Gasteiger partial charge in [-0.2, -0.15) is 0 Å². The summed E-state index contributed by atoms with van der Waals surface area (Å²) in [7, 11) is 0. The molecule has 0 unspecified atom stereocenters. The first-order valence-corrected chi connectivity index (χ1v) is 4.72. The molecule has 0 aliphatic carbocycles. The molecule has 1 aromatic rings. The highest BCUT2D eigenvalue weighted by atomic mass is 16.5. The largest absolute Gasteiger partial charge is 0.501 e. The molecule has 0 N–H and O–H groups in total. The Morgan fingerprint density at radius 2 is 2.07 bits per heavy atom. The summed E-state index contributed by atoms with van der Waals surface area (Å²) in [6, 6.07) is 7.35. The minimum Gasteiger partial charge on any atom is -0.501 e. The van der Waals surface area contributed by atoms with Gasteiger partial charge in [0.15, 0.2) is 0 Å². The molecule has 0 saturated heterocycles. The van der Waals surface area contributed by atoms with Gasteiger partial charge in [-0.05, 0) is 17.7 Å². The number of carbonyl (C=O) groups is 1. The lowest BCUT2D eigenvalue weighted by molar-refractivity contribution is -0.131. The van der Waals surface area contributed by atoms with Gasteiger partial charge >= 0.3 is 5.97 Å². The highest BCUT2D eigenvalue weighted by molar-refractivity contribution is 5.69. The Hall–Kier alpha value is -1.77. The lowest BCUT2D eigenvalue weighted by atomic mass is 10.1. The Kier molecular flexibility index (Phi) is 4.41. The number of ether oxygens (including phenoxy) is 2. The molecule has 0 spiro atoms. The van der Waals surface area contributed by atoms with E-state index in [9.17, 15) is 4.79 Å². The number of hydrogen-bond acceptors (Lipinski definition) is 3. The zero-order valence-electron chi connectivity index (χ0n) is 8.73. The van der Waals surface area contributed by atoms with Crippen LogP contribution in [0.3, 0.4) is 0 Å². The smallest absolute Gasteiger partial charge is 0.308 e. The van der Waals surface area contributed by atoms with Crippen LogP contribution in [-0.4, -0.2) is 12.6 Å². The molecule has 0 aliphatic heterocycles. The monoisotopic (exact) mass is 206 g/mol. The van der Waals surface area contributed by atoms with Crippen molar-refractivity contribution in [1.82, 2.24) is 0 Å². The second kappa shape index (κ2) is 5.86. The molecule has 0 saturated carbocycles. The number of benzene rings is 1. The van der Waals surface area contributed by atoms with E-state index in [1.165, 1.54) is 13.2 Å². The molecule has 3 heteroatoms. The average molecular weight is 206 g/mol. The first-order chi connectivity index (χ1) is 7.22. The van der Waals surface area contributed by atoms with Crippen LogP contribution < -0.4 is 4.74 Å². The second-order valence-electron chi connectivity index (χ2n) is 3.03. The Labute approximate surface area is 89.3 Å². The number of carbonyl (C=O) groups excluding carboxylic acids is 1. The summed E-state index contributed by atoms with van der Waals surface area (Å²) in [5.41, 5.74) is 1.13. The summed E-state index contributed by atoms with van der Waals surface area (Å²) < 4.78 is 9.92. The van der Waals surface area contributed by atoms with E-state index in [2.05, 4.69) is 6.58 Å². The molecular weight excluding hydrogens is 192 g/mol. The predicted molar refractivity (Wildman–Crippen MR) is 57.6 cm³/mol. The molecule has 0 aliphatic rings. The molecule has 0 amide bonds. The van der Waals surface area contributed by atoms with Gasteiger partial charge in [-0.25, -0.2) is 0 Å². The minimum absolute atomic E-state index is 0.308. The van der Waals surface area contributed by atoms with E-state index < -0.39 is 0 Å². The fourth-order valence-electron chi connectivity index (χ4n) is 1.15. The Balaban J connectivity index is 2.48. The van der Waals surface area contributed by atoms with E-state index in [4.69, 9.17) is 9.47 Å². The van der Waals surface area contributed by atoms with Crippen LogP contribution in [0.1, 0.15) is 12.5 Å². The van der Waals surface area contributed by atoms with Crippen molar-refractivity contribution in [2.24, 2.45) is 0 Å². The van der Waals surface area contributed by atoms with E-state index in [0.29, 0.717) is 12.4 Å². The summed E-state index contributed by atoms with van der Waals surface area (Å²) in [6.45, 7) is 5.45. The van der Waals surface area contributed by atoms with E-state index in [1.807, 2.05) is 12.1 Å². The van der Waals surface area contributed by atoms with Crippen molar-refractivity contribution in [3.05, 3.63) is 42.7 Å². The zero-order valence-corrected chi connectivity index (χ0v) is 8.73. The molecule has 0 aromatic heterocycles. The quantitative estimate of drug-likeness (QED) is 0.321. The average Bonchev–Trinajstić information content (AvgIpc) is 2.20. The van der Waals surface area contributed by atoms with Crippen LogP contribution in [-0.2, 0) is 16.0 Å². The van der Waals surface area contributed by atoms with Crippen molar-refractivity contribution in [2.45, 2.75) is 13.3 Å². The third kappa shape index (κ3) is 4.31. The van der Waals surface area contributed by atoms with Gasteiger partial charge in [-0.15, -0.1) is 0 Å². The predicted octanol–water partition coefficient (Wildman–Crippen LogP) is 2.31. The fraction of sp³-hybridized carbons (Fsp3) is 0.250. The van der Waals surface area contributed by atoms with Crippen LogP contribution in [0.25, 0.3) is 0 Å². The van der Waals surface area contributed by atoms with Crippen molar-refractivity contribution in [2.75, 3.05) is 6.61 Å². The van der Waals surface area contributed by atoms with Crippen LogP contribution in [0.4, 0.5) is 0 Å². The second-order valence-corrected chi connectivity index (χ2v) is 3.03. The van der Waals surface area contributed by atoms with Gasteiger partial charge in [0.05, 0.1) is 12.9 Å². The van der Waals surface area contributed by atoms with Gasteiger partial charge in [0, 0.05) is 13.3 Å². The van der Waals surface area contributed by atoms with Crippen LogP contribution in [0.5, 0.6) is 5.75 Å². The first-order valence-electron chi connectivity index (χ1n) is 4.72. The maximum Gasteiger partial charge on any atom is 0.308 e. The van der Waals surface area contributed by atoms with E-state index in [0.717, 1.165) is 12.0 Å². The molecule has 0 bridgehead atoms. The highest BCUT2D eigenvalue weighted by Gasteiger charge is 1.98. The van der Waals surface area contributed by atoms with Gasteiger partial charge in [-0.3, -0.25) is 4.79 Å². The number of hydrogen-bond donors (Lipinski definition) is 0. The summed E-state index contributed by atoms with van der Waals surface area (Å²) in [4.78, 5) is 10.7. The molecule has 0 fully saturated rings. The molecule has 0 atom stereocenters. The molecular formula is C12H14O3. The third-order valence-electron chi connectivity index (χ3n) is 1.81. The number of esters is 1. The van der Waals surface area contributed by atoms with E-state index in [-0.39, 0.29) is 5.97 Å². The van der Waals surface area contributed by atoms with Gasteiger partial charge in [0.25, 0.3) is 0 Å². The van der Waals surface area contributed by atoms with Crippen molar-refractivity contribution in [1.29, 1.82) is 0 Å². The zero-order chi connectivity index (χ0) is 11.1.